The van der Waals surface area contributed by atoms with Crippen molar-refractivity contribution >= 4 is 39.7 Å². The Balaban J connectivity index is 0.00000341. The van der Waals surface area contributed by atoms with Gasteiger partial charge in [0.2, 0.25) is 0 Å². The van der Waals surface area contributed by atoms with E-state index in [1.165, 1.54) is 18.2 Å². The second-order valence-electron chi connectivity index (χ2n) is 6.99. The van der Waals surface area contributed by atoms with Crippen LogP contribution >= 0.6 is 12.4 Å². The fourth-order valence-electron chi connectivity index (χ4n) is 3.11. The van der Waals surface area contributed by atoms with Gasteiger partial charge >= 0.3 is 0 Å². The summed E-state index contributed by atoms with van der Waals surface area (Å²) >= 11 is 0. The van der Waals surface area contributed by atoms with Gasteiger partial charge in [-0.15, -0.1) is 12.4 Å². The smallest absolute Gasteiger partial charge is 0.293 e. The summed E-state index contributed by atoms with van der Waals surface area (Å²) in [5.41, 5.74) is -1.90. The number of benzene rings is 2. The Morgan fingerprint density at radius 1 is 1.16 bits per heavy atom. The highest BCUT2D eigenvalue weighted by Crippen LogP contribution is 2.30. The summed E-state index contributed by atoms with van der Waals surface area (Å²) in [5, 5.41) is 17.2. The van der Waals surface area contributed by atoms with Crippen LogP contribution in [0.15, 0.2) is 53.4 Å². The van der Waals surface area contributed by atoms with Gasteiger partial charge in [0.15, 0.2) is 0 Å². The number of nitro groups is 1. The number of sulfonamides is 1. The van der Waals surface area contributed by atoms with Crippen molar-refractivity contribution in [3.05, 3.63) is 64.2 Å². The molecular formula is C19H22ClFN4O5S. The third-order valence-corrected chi connectivity index (χ3v) is 6.16. The van der Waals surface area contributed by atoms with Gasteiger partial charge < -0.3 is 10.6 Å². The largest absolute Gasteiger partial charge is 0.376 e. The summed E-state index contributed by atoms with van der Waals surface area (Å²) in [6, 6.07) is 10.9. The van der Waals surface area contributed by atoms with E-state index in [2.05, 4.69) is 10.6 Å². The van der Waals surface area contributed by atoms with E-state index < -0.39 is 37.1 Å². The molecule has 1 fully saturated rings. The molecular weight excluding hydrogens is 451 g/mol. The second-order valence-corrected chi connectivity index (χ2v) is 8.67. The van der Waals surface area contributed by atoms with Gasteiger partial charge in [0.05, 0.1) is 9.82 Å². The van der Waals surface area contributed by atoms with Crippen molar-refractivity contribution in [2.75, 3.05) is 25.0 Å². The van der Waals surface area contributed by atoms with Crippen molar-refractivity contribution in [3.8, 4) is 0 Å². The van der Waals surface area contributed by atoms with Crippen LogP contribution in [0.4, 0.5) is 15.8 Å². The molecule has 0 radical (unpaired) electrons. The summed E-state index contributed by atoms with van der Waals surface area (Å²) in [5.74, 6) is -0.856. The Kier molecular flexibility index (Phi) is 7.93. The van der Waals surface area contributed by atoms with E-state index in [1.54, 1.807) is 18.2 Å². The average Bonchev–Trinajstić information content (AvgIpc) is 2.73. The molecule has 2 aromatic carbocycles. The number of anilines is 1. The molecule has 168 valence electrons. The van der Waals surface area contributed by atoms with Gasteiger partial charge in [-0.1, -0.05) is 18.2 Å². The number of nitrogens with one attached hydrogen (secondary N) is 3. The fraction of sp³-hybridized carbons (Fsp3) is 0.316. The van der Waals surface area contributed by atoms with Gasteiger partial charge in [-0.2, -0.15) is 0 Å². The highest BCUT2D eigenvalue weighted by Gasteiger charge is 2.32. The zero-order valence-electron chi connectivity index (χ0n) is 16.3. The lowest BCUT2D eigenvalue weighted by Crippen LogP contribution is -2.43. The van der Waals surface area contributed by atoms with Crippen LogP contribution < -0.4 is 15.4 Å². The number of halogens is 2. The Labute approximate surface area is 185 Å². The fourth-order valence-corrected chi connectivity index (χ4v) is 4.11. The molecule has 3 N–H and O–H groups in total. The first-order chi connectivity index (χ1) is 14.2. The van der Waals surface area contributed by atoms with Crippen molar-refractivity contribution in [3.63, 3.8) is 0 Å². The van der Waals surface area contributed by atoms with Gasteiger partial charge in [-0.3, -0.25) is 14.9 Å². The van der Waals surface area contributed by atoms with Crippen LogP contribution in [-0.4, -0.2) is 44.6 Å². The van der Waals surface area contributed by atoms with Crippen LogP contribution in [0, 0.1) is 10.1 Å². The summed E-state index contributed by atoms with van der Waals surface area (Å²) in [7, 11) is -4.34. The molecule has 1 saturated heterocycles. The number of carbonyl (C=O) groups is 1. The molecule has 9 nitrogen and oxygen atoms in total. The molecule has 0 unspecified atom stereocenters. The minimum Gasteiger partial charge on any atom is -0.376 e. The number of nitrogens with zero attached hydrogens (tertiary/aromatic N) is 1. The molecule has 1 amide bonds. The third kappa shape index (κ3) is 6.12. The molecule has 0 aliphatic carbocycles. The predicted octanol–water partition coefficient (Wildman–Crippen LogP) is 2.64. The minimum atomic E-state index is -4.34. The van der Waals surface area contributed by atoms with Crippen LogP contribution in [0.2, 0.25) is 0 Å². The predicted molar refractivity (Wildman–Crippen MR) is 116 cm³/mol. The van der Waals surface area contributed by atoms with Gasteiger partial charge in [-0.05, 0) is 50.2 Å². The van der Waals surface area contributed by atoms with Crippen molar-refractivity contribution < 1.29 is 22.5 Å². The average molecular weight is 473 g/mol. The standard InChI is InChI=1S/C19H21FN4O5S.ClH/c20-19(8-10-21-11-9-19)13-22-16-7-6-15(12-17(16)24(26)27)30(28,29)23-18(25)14-4-2-1-3-5-14;/h1-7,12,21-22H,8-11,13H2,(H,23,25);1H. The summed E-state index contributed by atoms with van der Waals surface area (Å²) in [4.78, 5) is 22.4. The van der Waals surface area contributed by atoms with Crippen molar-refractivity contribution in [2.24, 2.45) is 0 Å². The lowest BCUT2D eigenvalue weighted by atomic mass is 9.94. The van der Waals surface area contributed by atoms with Crippen LogP contribution in [0.3, 0.4) is 0 Å². The normalized spacial score (nSPS) is 15.4. The maximum atomic E-state index is 14.7. The number of alkyl halides is 1. The number of piperidine rings is 1. The topological polar surface area (TPSA) is 130 Å². The monoisotopic (exact) mass is 472 g/mol. The van der Waals surface area contributed by atoms with E-state index in [0.29, 0.717) is 13.1 Å². The molecule has 2 aromatic rings. The van der Waals surface area contributed by atoms with E-state index >= 15 is 0 Å². The summed E-state index contributed by atoms with van der Waals surface area (Å²) < 4.78 is 41.7. The van der Waals surface area contributed by atoms with Crippen molar-refractivity contribution in [1.82, 2.24) is 10.0 Å². The molecule has 31 heavy (non-hydrogen) atoms. The van der Waals surface area contributed by atoms with Crippen molar-refractivity contribution in [2.45, 2.75) is 23.4 Å². The number of hydrogen-bond donors (Lipinski definition) is 3. The Morgan fingerprint density at radius 2 is 1.81 bits per heavy atom. The SMILES string of the molecule is Cl.O=C(NS(=O)(=O)c1ccc(NCC2(F)CCNCC2)c([N+](=O)[O-])c1)c1ccccc1. The Morgan fingerprint density at radius 3 is 2.42 bits per heavy atom. The maximum Gasteiger partial charge on any atom is 0.293 e. The maximum absolute atomic E-state index is 14.7. The van der Waals surface area contributed by atoms with Gasteiger partial charge in [0.1, 0.15) is 11.4 Å². The second kappa shape index (κ2) is 10.0. The van der Waals surface area contributed by atoms with Gasteiger partial charge in [-0.25, -0.2) is 17.5 Å². The van der Waals surface area contributed by atoms with E-state index in [1.807, 2.05) is 4.72 Å². The molecule has 0 aromatic heterocycles. The van der Waals surface area contributed by atoms with Gasteiger partial charge in [0.25, 0.3) is 21.6 Å². The van der Waals surface area contributed by atoms with E-state index in [0.717, 1.165) is 12.1 Å². The summed E-state index contributed by atoms with van der Waals surface area (Å²) in [6.07, 6.45) is 0.539. The van der Waals surface area contributed by atoms with Crippen LogP contribution in [-0.2, 0) is 10.0 Å². The molecule has 1 heterocycles. The van der Waals surface area contributed by atoms with E-state index in [4.69, 9.17) is 0 Å². The third-order valence-electron chi connectivity index (χ3n) is 4.83. The molecule has 0 bridgehead atoms. The lowest BCUT2D eigenvalue weighted by molar-refractivity contribution is -0.384. The highest BCUT2D eigenvalue weighted by atomic mass is 35.5. The van der Waals surface area contributed by atoms with Crippen LogP contribution in [0.25, 0.3) is 0 Å². The number of rotatable bonds is 7. The number of hydrogen-bond acceptors (Lipinski definition) is 7. The first-order valence-electron chi connectivity index (χ1n) is 9.24. The molecule has 1 aliphatic rings. The molecule has 0 saturated carbocycles. The molecule has 0 atom stereocenters. The number of carbonyl (C=O) groups excluding carboxylic acids is 1. The molecule has 1 aliphatic heterocycles. The first-order valence-corrected chi connectivity index (χ1v) is 10.7. The lowest BCUT2D eigenvalue weighted by Gasteiger charge is -2.30. The molecule has 12 heteroatoms. The first kappa shape index (κ1) is 24.5. The Hall–Kier alpha value is -2.76. The minimum absolute atomic E-state index is 0. The number of nitro benzene ring substituents is 1. The van der Waals surface area contributed by atoms with Crippen LogP contribution in [0.5, 0.6) is 0 Å². The zero-order valence-corrected chi connectivity index (χ0v) is 18.0. The van der Waals surface area contributed by atoms with Crippen LogP contribution in [0.1, 0.15) is 23.2 Å². The quantitative estimate of drug-likeness (QED) is 0.417. The van der Waals surface area contributed by atoms with Crippen molar-refractivity contribution in [1.29, 1.82) is 0 Å². The molecule has 0 spiro atoms. The Bertz CT molecular complexity index is 1050. The highest BCUT2D eigenvalue weighted by molar-refractivity contribution is 7.90. The number of amides is 1. The summed E-state index contributed by atoms with van der Waals surface area (Å²) in [6.45, 7) is 0.892. The van der Waals surface area contributed by atoms with E-state index in [9.17, 15) is 27.7 Å². The zero-order chi connectivity index (χ0) is 21.8. The van der Waals surface area contributed by atoms with Gasteiger partial charge in [0, 0.05) is 18.2 Å². The van der Waals surface area contributed by atoms with E-state index in [-0.39, 0.29) is 43.0 Å². The molecule has 3 rings (SSSR count).